The van der Waals surface area contributed by atoms with Crippen molar-refractivity contribution in [3.63, 3.8) is 0 Å². The number of benzene rings is 2. The van der Waals surface area contributed by atoms with Gasteiger partial charge in [-0.3, -0.25) is 28.8 Å². The number of carbonyl (C=O) groups excluding carboxylic acids is 5. The molecule has 0 bridgehead atoms. The summed E-state index contributed by atoms with van der Waals surface area (Å²) >= 11 is 0. The van der Waals surface area contributed by atoms with E-state index in [0.717, 1.165) is 12.7 Å². The van der Waals surface area contributed by atoms with Gasteiger partial charge in [0.15, 0.2) is 0 Å². The highest BCUT2D eigenvalue weighted by Crippen LogP contribution is 2.26. The molecule has 0 unspecified atom stereocenters. The number of pyridine rings is 1. The summed E-state index contributed by atoms with van der Waals surface area (Å²) in [6, 6.07) is 5.62. The fraction of sp³-hybridized carbons (Fsp3) is 0.465. The van der Waals surface area contributed by atoms with Crippen molar-refractivity contribution in [3.05, 3.63) is 81.4 Å². The number of likely N-dealkylation sites (N-methyl/N-ethyl adjacent to an activating group) is 1. The van der Waals surface area contributed by atoms with Gasteiger partial charge in [-0.1, -0.05) is 19.9 Å². The number of imidazole rings is 1. The molecule has 0 spiro atoms. The molecular formula is C43H60N10O10S. The van der Waals surface area contributed by atoms with Crippen LogP contribution in [0.4, 0.5) is 5.95 Å². The SMILES string of the molecule is CC[C@H](NC)C(=O)N[C@@H](CC)C(=O)NCCNC(=O)CCCOc1cc(C)c(S(=O)(=O)N[C@@H](CNC(=O)c2cn(C)c3cc(CNc4nccn4C)ccc3c2=O)C(=O)OC)c(C)c1. The minimum absolute atomic E-state index is 0.111. The van der Waals surface area contributed by atoms with Crippen molar-refractivity contribution in [2.24, 2.45) is 14.1 Å². The Bertz CT molecular complexity index is 2460. The van der Waals surface area contributed by atoms with Gasteiger partial charge in [-0.2, -0.15) is 4.72 Å². The van der Waals surface area contributed by atoms with Crippen LogP contribution in [-0.2, 0) is 54.6 Å². The van der Waals surface area contributed by atoms with E-state index >= 15 is 0 Å². The standard InChI is InChI=1S/C43H60N10O10S/c1-9-32(44-5)41(58)50-33(10-2)40(57)46-16-15-45-36(54)12-11-19-63-29-20-26(3)38(27(4)21-29)64(60,61)51-34(42(59)62-8)24-48-39(56)31-25-53(7)35-22-28(13-14-30(35)37(31)55)23-49-43-47-17-18-52(43)6/h13-14,17-18,20-22,25,32-34,44,51H,9-12,15-16,19,23-24H2,1-8H3,(H,45,54)(H,46,57)(H,47,49)(H,48,56)(H,50,58)/t32-,33-,34-/m0/s1. The van der Waals surface area contributed by atoms with E-state index in [1.165, 1.54) is 18.3 Å². The zero-order valence-corrected chi connectivity index (χ0v) is 38.4. The number of amides is 4. The average molecular weight is 909 g/mol. The van der Waals surface area contributed by atoms with Crippen molar-refractivity contribution in [3.8, 4) is 5.75 Å². The van der Waals surface area contributed by atoms with Crippen molar-refractivity contribution in [2.45, 2.75) is 82.9 Å². The summed E-state index contributed by atoms with van der Waals surface area (Å²) < 4.78 is 43.9. The van der Waals surface area contributed by atoms with Gasteiger partial charge >= 0.3 is 5.97 Å². The highest BCUT2D eigenvalue weighted by molar-refractivity contribution is 7.89. The lowest BCUT2D eigenvalue weighted by molar-refractivity contribution is -0.142. The number of aromatic nitrogens is 3. The van der Waals surface area contributed by atoms with E-state index in [2.05, 4.69) is 41.6 Å². The zero-order valence-electron chi connectivity index (χ0n) is 37.5. The molecule has 21 heteroatoms. The molecule has 2 heterocycles. The van der Waals surface area contributed by atoms with Gasteiger partial charge in [0.05, 0.1) is 30.2 Å². The van der Waals surface area contributed by atoms with E-state index in [4.69, 9.17) is 9.47 Å². The fourth-order valence-electron chi connectivity index (χ4n) is 6.95. The van der Waals surface area contributed by atoms with E-state index in [0.29, 0.717) is 59.5 Å². The number of hydrogen-bond donors (Lipinski definition) is 7. The van der Waals surface area contributed by atoms with E-state index in [1.807, 2.05) is 30.8 Å². The van der Waals surface area contributed by atoms with Crippen LogP contribution in [0.2, 0.25) is 0 Å². The average Bonchev–Trinajstić information content (AvgIpc) is 3.68. The summed E-state index contributed by atoms with van der Waals surface area (Å²) in [6.07, 6.45) is 6.32. The van der Waals surface area contributed by atoms with Gasteiger partial charge in [0, 0.05) is 70.7 Å². The van der Waals surface area contributed by atoms with Crippen LogP contribution in [0.1, 0.15) is 66.6 Å². The summed E-state index contributed by atoms with van der Waals surface area (Å²) in [6.45, 7) is 7.20. The lowest BCUT2D eigenvalue weighted by Crippen LogP contribution is -2.52. The Balaban J connectivity index is 1.29. The van der Waals surface area contributed by atoms with Gasteiger partial charge in [0.2, 0.25) is 39.1 Å². The number of carbonyl (C=O) groups is 5. The van der Waals surface area contributed by atoms with Crippen LogP contribution in [0.25, 0.3) is 10.9 Å². The predicted octanol–water partition coefficient (Wildman–Crippen LogP) is 1.04. The largest absolute Gasteiger partial charge is 0.494 e. The number of esters is 1. The minimum atomic E-state index is -4.38. The number of nitrogens with one attached hydrogen (secondary N) is 7. The van der Waals surface area contributed by atoms with Crippen molar-refractivity contribution in [1.29, 1.82) is 0 Å². The first-order valence-corrected chi connectivity index (χ1v) is 22.4. The van der Waals surface area contributed by atoms with Crippen LogP contribution >= 0.6 is 0 Å². The second-order valence-electron chi connectivity index (χ2n) is 15.2. The smallest absolute Gasteiger partial charge is 0.325 e. The van der Waals surface area contributed by atoms with Crippen molar-refractivity contribution in [2.75, 3.05) is 45.7 Å². The third kappa shape index (κ3) is 13.3. The number of ether oxygens (including phenoxy) is 2. The minimum Gasteiger partial charge on any atom is -0.494 e. The summed E-state index contributed by atoms with van der Waals surface area (Å²) in [5, 5.41) is 17.1. The van der Waals surface area contributed by atoms with E-state index in [1.54, 1.807) is 57.8 Å². The highest BCUT2D eigenvalue weighted by atomic mass is 32.2. The number of aryl methyl sites for hydroxylation is 4. The molecule has 0 saturated carbocycles. The number of methoxy groups -OCH3 is 1. The molecule has 7 N–H and O–H groups in total. The lowest BCUT2D eigenvalue weighted by atomic mass is 10.1. The number of sulfonamides is 1. The van der Waals surface area contributed by atoms with Gasteiger partial charge in [-0.05, 0) is 81.1 Å². The van der Waals surface area contributed by atoms with Gasteiger partial charge in [0.1, 0.15) is 23.4 Å². The molecular weight excluding hydrogens is 849 g/mol. The second-order valence-corrected chi connectivity index (χ2v) is 16.8. The Morgan fingerprint density at radius 2 is 1.56 bits per heavy atom. The van der Waals surface area contributed by atoms with Crippen LogP contribution in [0, 0.1) is 13.8 Å². The Hall–Kier alpha value is -6.32. The molecule has 0 saturated heterocycles. The topological polar surface area (TPSA) is 262 Å². The molecule has 0 aliphatic heterocycles. The molecule has 64 heavy (non-hydrogen) atoms. The molecule has 20 nitrogen and oxygen atoms in total. The zero-order chi connectivity index (χ0) is 47.1. The van der Waals surface area contributed by atoms with Gasteiger partial charge < -0.3 is 50.5 Å². The Morgan fingerprint density at radius 1 is 0.875 bits per heavy atom. The van der Waals surface area contributed by atoms with Crippen LogP contribution < -0.4 is 46.8 Å². The van der Waals surface area contributed by atoms with Gasteiger partial charge in [-0.25, -0.2) is 13.4 Å². The summed E-state index contributed by atoms with van der Waals surface area (Å²) in [7, 11) is 1.93. The second kappa shape index (κ2) is 23.4. The number of nitrogens with zero attached hydrogens (tertiary/aromatic N) is 3. The van der Waals surface area contributed by atoms with E-state index in [-0.39, 0.29) is 54.3 Å². The summed E-state index contributed by atoms with van der Waals surface area (Å²) in [5.74, 6) is -1.60. The van der Waals surface area contributed by atoms with Gasteiger partial charge in [-0.15, -0.1) is 0 Å². The Morgan fingerprint density at radius 3 is 2.19 bits per heavy atom. The first-order chi connectivity index (χ1) is 30.4. The third-order valence-corrected chi connectivity index (χ3v) is 12.2. The van der Waals surface area contributed by atoms with Crippen LogP contribution in [0.15, 0.2) is 58.6 Å². The van der Waals surface area contributed by atoms with Crippen LogP contribution in [0.3, 0.4) is 0 Å². The maximum absolute atomic E-state index is 13.7. The molecule has 3 atom stereocenters. The molecule has 0 fully saturated rings. The number of rotatable bonds is 24. The fourth-order valence-corrected chi connectivity index (χ4v) is 8.59. The van der Waals surface area contributed by atoms with E-state index < -0.39 is 52.0 Å². The Labute approximate surface area is 372 Å². The van der Waals surface area contributed by atoms with Crippen LogP contribution in [0.5, 0.6) is 5.75 Å². The van der Waals surface area contributed by atoms with Crippen molar-refractivity contribution in [1.82, 2.24) is 45.4 Å². The monoisotopic (exact) mass is 908 g/mol. The van der Waals surface area contributed by atoms with E-state index in [9.17, 15) is 37.2 Å². The number of anilines is 1. The molecule has 348 valence electrons. The highest BCUT2D eigenvalue weighted by Gasteiger charge is 2.30. The first-order valence-electron chi connectivity index (χ1n) is 20.9. The molecule has 2 aromatic heterocycles. The lowest BCUT2D eigenvalue weighted by Gasteiger charge is -2.20. The van der Waals surface area contributed by atoms with Crippen molar-refractivity contribution >= 4 is 56.5 Å². The van der Waals surface area contributed by atoms with Crippen molar-refractivity contribution < 1.29 is 41.9 Å². The maximum Gasteiger partial charge on any atom is 0.325 e. The summed E-state index contributed by atoms with van der Waals surface area (Å²) in [4.78, 5) is 81.1. The first kappa shape index (κ1) is 50.3. The summed E-state index contributed by atoms with van der Waals surface area (Å²) in [5.41, 5.74) is 1.33. The Kier molecular flexibility index (Phi) is 18.4. The quantitative estimate of drug-likeness (QED) is 0.0384. The molecule has 0 radical (unpaired) electrons. The molecule has 0 aliphatic carbocycles. The molecule has 0 aliphatic rings. The molecule has 2 aromatic carbocycles. The van der Waals surface area contributed by atoms with Crippen LogP contribution in [-0.4, -0.2) is 111 Å². The normalized spacial score (nSPS) is 12.8. The number of fused-ring (bicyclic) bond motifs is 1. The molecule has 4 aromatic rings. The maximum atomic E-state index is 13.7. The molecule has 4 amide bonds. The molecule has 4 rings (SSSR count). The number of hydrogen-bond acceptors (Lipinski definition) is 13. The third-order valence-electron chi connectivity index (χ3n) is 10.4. The van der Waals surface area contributed by atoms with Gasteiger partial charge in [0.25, 0.3) is 5.91 Å². The predicted molar refractivity (Wildman–Crippen MR) is 240 cm³/mol.